The second-order valence-electron chi connectivity index (χ2n) is 4.37. The first-order valence-corrected chi connectivity index (χ1v) is 6.63. The minimum atomic E-state index is -0.401. The van der Waals surface area contributed by atoms with Crippen LogP contribution in [0.5, 0.6) is 0 Å². The zero-order valence-corrected chi connectivity index (χ0v) is 10.5. The van der Waals surface area contributed by atoms with E-state index in [1.807, 2.05) is 12.3 Å². The molecule has 2 heterocycles. The second kappa shape index (κ2) is 5.57. The van der Waals surface area contributed by atoms with E-state index >= 15 is 0 Å². The maximum Gasteiger partial charge on any atom is 0.237 e. The van der Waals surface area contributed by atoms with Gasteiger partial charge >= 0.3 is 0 Å². The maximum atomic E-state index is 11.8. The second-order valence-corrected chi connectivity index (χ2v) is 5.29. The predicted octanol–water partition coefficient (Wildman–Crippen LogP) is 0.0856. The molecule has 0 aromatic carbocycles. The lowest BCUT2D eigenvalue weighted by atomic mass is 10.1. The summed E-state index contributed by atoms with van der Waals surface area (Å²) in [6.45, 7) is 3.12. The first-order valence-electron chi connectivity index (χ1n) is 5.75. The zero-order chi connectivity index (χ0) is 12.3. The van der Waals surface area contributed by atoms with Crippen molar-refractivity contribution in [3.05, 3.63) is 16.6 Å². The van der Waals surface area contributed by atoms with Crippen LogP contribution in [-0.2, 0) is 4.79 Å². The van der Waals surface area contributed by atoms with Crippen molar-refractivity contribution in [2.45, 2.75) is 31.4 Å². The summed E-state index contributed by atoms with van der Waals surface area (Å²) in [5.74, 6) is 0.190. The van der Waals surface area contributed by atoms with Crippen LogP contribution in [0.3, 0.4) is 0 Å². The topological polar surface area (TPSA) is 74.2 Å². The number of amides is 1. The average molecular weight is 255 g/mol. The number of carbonyl (C=O) groups excluding carboxylic acids is 1. The van der Waals surface area contributed by atoms with Crippen molar-refractivity contribution >= 4 is 17.2 Å². The van der Waals surface area contributed by atoms with Crippen molar-refractivity contribution in [2.75, 3.05) is 13.1 Å². The summed E-state index contributed by atoms with van der Waals surface area (Å²) in [6, 6.07) is -0.256. The molecule has 0 bridgehead atoms. The van der Waals surface area contributed by atoms with Crippen LogP contribution in [0.4, 0.5) is 0 Å². The van der Waals surface area contributed by atoms with Crippen molar-refractivity contribution in [1.29, 1.82) is 0 Å². The van der Waals surface area contributed by atoms with Crippen LogP contribution >= 0.6 is 11.3 Å². The van der Waals surface area contributed by atoms with Crippen LogP contribution in [0.2, 0.25) is 0 Å². The number of hydrogen-bond acceptors (Lipinski definition) is 5. The van der Waals surface area contributed by atoms with Gasteiger partial charge in [-0.3, -0.25) is 4.79 Å². The number of aliphatic hydroxyl groups excluding tert-OH is 1. The lowest BCUT2D eigenvalue weighted by molar-refractivity contribution is -0.123. The van der Waals surface area contributed by atoms with Crippen LogP contribution in [0, 0.1) is 0 Å². The first kappa shape index (κ1) is 12.5. The highest BCUT2D eigenvalue weighted by Crippen LogP contribution is 2.16. The van der Waals surface area contributed by atoms with Gasteiger partial charge in [0.1, 0.15) is 0 Å². The summed E-state index contributed by atoms with van der Waals surface area (Å²) in [4.78, 5) is 16.0. The van der Waals surface area contributed by atoms with E-state index in [2.05, 4.69) is 15.6 Å². The van der Waals surface area contributed by atoms with Gasteiger partial charge in [-0.25, -0.2) is 4.98 Å². The van der Waals surface area contributed by atoms with Crippen LogP contribution < -0.4 is 10.6 Å². The smallest absolute Gasteiger partial charge is 0.237 e. The van der Waals surface area contributed by atoms with Crippen molar-refractivity contribution in [2.24, 2.45) is 0 Å². The number of β-amino-alcohol motifs (C(OH)–C–C–N with tert-alkyl or cyclic N) is 1. The highest BCUT2D eigenvalue weighted by atomic mass is 32.1. The molecule has 1 amide bonds. The number of nitrogens with one attached hydrogen (secondary N) is 2. The third kappa shape index (κ3) is 3.24. The Balaban J connectivity index is 1.76. The van der Waals surface area contributed by atoms with Gasteiger partial charge in [0.05, 0.1) is 17.2 Å². The molecule has 0 saturated carbocycles. The van der Waals surface area contributed by atoms with Gasteiger partial charge in [0.2, 0.25) is 5.91 Å². The fourth-order valence-corrected chi connectivity index (χ4v) is 2.56. The molecule has 0 radical (unpaired) electrons. The molecular formula is C11H17N3O2S. The summed E-state index contributed by atoms with van der Waals surface area (Å²) >= 11 is 1.60. The number of rotatable bonds is 4. The molecule has 1 saturated heterocycles. The fourth-order valence-electron chi connectivity index (χ4n) is 1.86. The molecule has 0 aliphatic carbocycles. The van der Waals surface area contributed by atoms with E-state index in [0.717, 1.165) is 5.01 Å². The molecule has 1 fully saturated rings. The Morgan fingerprint density at radius 1 is 1.82 bits per heavy atom. The molecule has 3 atom stereocenters. The quantitative estimate of drug-likeness (QED) is 0.712. The number of aliphatic hydroxyl groups is 1. The lowest BCUT2D eigenvalue weighted by Crippen LogP contribution is -2.41. The van der Waals surface area contributed by atoms with Crippen LogP contribution in [-0.4, -0.2) is 41.2 Å². The monoisotopic (exact) mass is 255 g/mol. The van der Waals surface area contributed by atoms with Gasteiger partial charge in [-0.2, -0.15) is 0 Å². The largest absolute Gasteiger partial charge is 0.392 e. The van der Waals surface area contributed by atoms with Gasteiger partial charge in [0.15, 0.2) is 0 Å². The summed E-state index contributed by atoms with van der Waals surface area (Å²) in [5.41, 5.74) is 0. The Labute approximate surface area is 104 Å². The zero-order valence-electron chi connectivity index (χ0n) is 9.72. The van der Waals surface area contributed by atoms with Crippen LogP contribution in [0.15, 0.2) is 11.6 Å². The molecule has 3 unspecified atom stereocenters. The predicted molar refractivity (Wildman–Crippen MR) is 66.0 cm³/mol. The highest BCUT2D eigenvalue weighted by Gasteiger charge is 2.28. The molecule has 94 valence electrons. The van der Waals surface area contributed by atoms with E-state index in [4.69, 9.17) is 0 Å². The molecule has 2 rings (SSSR count). The third-order valence-corrected chi connectivity index (χ3v) is 3.89. The summed E-state index contributed by atoms with van der Waals surface area (Å²) < 4.78 is 0. The van der Waals surface area contributed by atoms with Crippen molar-refractivity contribution in [1.82, 2.24) is 15.6 Å². The fraction of sp³-hybridized carbons (Fsp3) is 0.636. The molecule has 17 heavy (non-hydrogen) atoms. The van der Waals surface area contributed by atoms with Gasteiger partial charge < -0.3 is 15.7 Å². The van der Waals surface area contributed by atoms with Gasteiger partial charge in [0.25, 0.3) is 0 Å². The number of aromatic nitrogens is 1. The van der Waals surface area contributed by atoms with E-state index in [-0.39, 0.29) is 17.9 Å². The van der Waals surface area contributed by atoms with E-state index in [9.17, 15) is 9.90 Å². The van der Waals surface area contributed by atoms with Gasteiger partial charge in [-0.05, 0) is 6.42 Å². The Bertz CT molecular complexity index is 369. The minimum absolute atomic E-state index is 0.0371. The molecule has 0 spiro atoms. The number of hydrogen-bond donors (Lipinski definition) is 3. The number of nitrogens with zero attached hydrogens (tertiary/aromatic N) is 1. The first-order chi connectivity index (χ1) is 8.16. The molecule has 3 N–H and O–H groups in total. The van der Waals surface area contributed by atoms with Crippen molar-refractivity contribution in [3.63, 3.8) is 0 Å². The Morgan fingerprint density at radius 2 is 2.65 bits per heavy atom. The van der Waals surface area contributed by atoms with Gasteiger partial charge in [-0.1, -0.05) is 6.92 Å². The molecular weight excluding hydrogens is 238 g/mol. The minimum Gasteiger partial charge on any atom is -0.392 e. The lowest BCUT2D eigenvalue weighted by Gasteiger charge is -2.13. The molecule has 1 aromatic rings. The number of carbonyl (C=O) groups is 1. The van der Waals surface area contributed by atoms with Gasteiger partial charge in [0, 0.05) is 30.6 Å². The molecule has 5 nitrogen and oxygen atoms in total. The third-order valence-electron chi connectivity index (χ3n) is 2.88. The Morgan fingerprint density at radius 3 is 3.24 bits per heavy atom. The van der Waals surface area contributed by atoms with E-state index in [1.54, 1.807) is 17.5 Å². The molecule has 1 aliphatic rings. The van der Waals surface area contributed by atoms with E-state index in [1.165, 1.54) is 0 Å². The standard InChI is InChI=1S/C11H17N3O2S/c1-7(11-12-2-3-17-11)5-14-10(16)9-4-8(15)6-13-9/h2-3,7-9,13,15H,4-6H2,1H3,(H,14,16). The summed E-state index contributed by atoms with van der Waals surface area (Å²) in [6.07, 6.45) is 1.87. The molecule has 1 aromatic heterocycles. The van der Waals surface area contributed by atoms with Gasteiger partial charge in [-0.15, -0.1) is 11.3 Å². The van der Waals surface area contributed by atoms with Crippen molar-refractivity contribution in [3.8, 4) is 0 Å². The Kier molecular flexibility index (Phi) is 4.09. The van der Waals surface area contributed by atoms with Crippen LogP contribution in [0.25, 0.3) is 0 Å². The summed E-state index contributed by atoms with van der Waals surface area (Å²) in [5, 5.41) is 18.2. The Hall–Kier alpha value is -0.980. The van der Waals surface area contributed by atoms with E-state index in [0.29, 0.717) is 19.5 Å². The average Bonchev–Trinajstić information content (AvgIpc) is 2.95. The molecule has 6 heteroatoms. The maximum absolute atomic E-state index is 11.8. The highest BCUT2D eigenvalue weighted by molar-refractivity contribution is 7.09. The number of thiazole rings is 1. The van der Waals surface area contributed by atoms with E-state index < -0.39 is 6.10 Å². The van der Waals surface area contributed by atoms with Crippen LogP contribution in [0.1, 0.15) is 24.3 Å². The normalized spacial score (nSPS) is 25.8. The SMILES string of the molecule is CC(CNC(=O)C1CC(O)CN1)c1nccs1. The summed E-state index contributed by atoms with van der Waals surface area (Å²) in [7, 11) is 0. The van der Waals surface area contributed by atoms with Crippen molar-refractivity contribution < 1.29 is 9.90 Å². The molecule has 1 aliphatic heterocycles.